The zero-order chi connectivity index (χ0) is 22.5. The van der Waals surface area contributed by atoms with Gasteiger partial charge in [0.1, 0.15) is 6.33 Å². The van der Waals surface area contributed by atoms with Crippen LogP contribution in [0.25, 0.3) is 16.9 Å². The molecular weight excluding hydrogens is 402 g/mol. The fraction of sp³-hybridized carbons (Fsp3) is 0.375. The topological polar surface area (TPSA) is 83.4 Å². The summed E-state index contributed by atoms with van der Waals surface area (Å²) in [6.45, 7) is 6.85. The van der Waals surface area contributed by atoms with Crippen LogP contribution in [0.5, 0.6) is 0 Å². The first-order valence-electron chi connectivity index (χ1n) is 11.2. The van der Waals surface area contributed by atoms with Gasteiger partial charge in [-0.2, -0.15) is 4.68 Å². The summed E-state index contributed by atoms with van der Waals surface area (Å²) in [5, 5.41) is 11.4. The molecule has 166 valence electrons. The normalized spacial score (nSPS) is 11.4. The van der Waals surface area contributed by atoms with Gasteiger partial charge in [-0.1, -0.05) is 44.0 Å². The molecule has 0 saturated heterocycles. The molecule has 32 heavy (non-hydrogen) atoms. The van der Waals surface area contributed by atoms with E-state index in [1.54, 1.807) is 10.9 Å². The third-order valence-electron chi connectivity index (χ3n) is 5.64. The number of tetrazole rings is 1. The SMILES string of the molecule is CCCCCc1cn(C(C)C)c(=O)n1Cc1ccc(-c2cccnc2-n2cnnn2)cc1. The molecule has 0 aliphatic carbocycles. The highest BCUT2D eigenvalue weighted by atomic mass is 16.1. The van der Waals surface area contributed by atoms with Crippen molar-refractivity contribution in [3.63, 3.8) is 0 Å². The standard InChI is InChI=1S/C24H29N7O/c1-4-5-6-8-21-16-29(18(2)3)24(32)30(21)15-19-10-12-20(13-11-19)22-9-7-14-25-23(22)31-17-26-27-28-31/h7,9-14,16-18H,4-6,8,15H2,1-3H3. The summed E-state index contributed by atoms with van der Waals surface area (Å²) in [5.41, 5.74) is 4.21. The lowest BCUT2D eigenvalue weighted by Gasteiger charge is -2.10. The molecule has 0 N–H and O–H groups in total. The van der Waals surface area contributed by atoms with Crippen molar-refractivity contribution in [3.8, 4) is 16.9 Å². The molecule has 8 heteroatoms. The van der Waals surface area contributed by atoms with E-state index in [0.29, 0.717) is 12.4 Å². The van der Waals surface area contributed by atoms with Gasteiger partial charge in [-0.25, -0.2) is 9.78 Å². The smallest absolute Gasteiger partial charge is 0.296 e. The fourth-order valence-electron chi connectivity index (χ4n) is 3.88. The van der Waals surface area contributed by atoms with Gasteiger partial charge in [0.2, 0.25) is 0 Å². The molecule has 0 radical (unpaired) electrons. The second-order valence-corrected chi connectivity index (χ2v) is 8.27. The second kappa shape index (κ2) is 9.72. The Bertz CT molecular complexity index is 1200. The number of unbranched alkanes of at least 4 members (excludes halogenated alkanes) is 2. The van der Waals surface area contributed by atoms with Crippen molar-refractivity contribution in [3.05, 3.63) is 76.9 Å². The molecule has 0 aliphatic rings. The number of hydrogen-bond donors (Lipinski definition) is 0. The van der Waals surface area contributed by atoms with Crippen molar-refractivity contribution in [2.75, 3.05) is 0 Å². The third-order valence-corrected chi connectivity index (χ3v) is 5.64. The van der Waals surface area contributed by atoms with Crippen molar-refractivity contribution in [1.82, 2.24) is 34.3 Å². The number of aromatic nitrogens is 7. The molecular formula is C24H29N7O. The first-order chi connectivity index (χ1) is 15.6. The molecule has 0 atom stereocenters. The van der Waals surface area contributed by atoms with E-state index in [9.17, 15) is 4.79 Å². The number of rotatable bonds is 9. The highest BCUT2D eigenvalue weighted by Crippen LogP contribution is 2.25. The Morgan fingerprint density at radius 2 is 1.88 bits per heavy atom. The van der Waals surface area contributed by atoms with Gasteiger partial charge < -0.3 is 0 Å². The number of pyridine rings is 1. The molecule has 0 saturated carbocycles. The predicted octanol–water partition coefficient (Wildman–Crippen LogP) is 4.05. The van der Waals surface area contributed by atoms with Crippen LogP contribution in [0.3, 0.4) is 0 Å². The summed E-state index contributed by atoms with van der Waals surface area (Å²) in [4.78, 5) is 17.5. The van der Waals surface area contributed by atoms with E-state index < -0.39 is 0 Å². The molecule has 8 nitrogen and oxygen atoms in total. The molecule has 4 rings (SSSR count). The lowest BCUT2D eigenvalue weighted by atomic mass is 10.0. The van der Waals surface area contributed by atoms with Crippen LogP contribution in [0, 0.1) is 0 Å². The Kier molecular flexibility index (Phi) is 6.58. The predicted molar refractivity (Wildman–Crippen MR) is 124 cm³/mol. The summed E-state index contributed by atoms with van der Waals surface area (Å²) >= 11 is 0. The Balaban J connectivity index is 1.61. The first kappa shape index (κ1) is 21.7. The van der Waals surface area contributed by atoms with Gasteiger partial charge in [-0.05, 0) is 60.4 Å². The average Bonchev–Trinajstić information content (AvgIpc) is 3.44. The number of aryl methyl sites for hydroxylation is 1. The van der Waals surface area contributed by atoms with Crippen LogP contribution in [-0.2, 0) is 13.0 Å². The van der Waals surface area contributed by atoms with E-state index in [-0.39, 0.29) is 11.7 Å². The van der Waals surface area contributed by atoms with E-state index >= 15 is 0 Å². The van der Waals surface area contributed by atoms with Crippen LogP contribution in [0.15, 0.2) is 59.9 Å². The van der Waals surface area contributed by atoms with Gasteiger partial charge >= 0.3 is 5.69 Å². The zero-order valence-corrected chi connectivity index (χ0v) is 18.8. The van der Waals surface area contributed by atoms with Crippen LogP contribution < -0.4 is 5.69 Å². The minimum Gasteiger partial charge on any atom is -0.296 e. The highest BCUT2D eigenvalue weighted by Gasteiger charge is 2.14. The van der Waals surface area contributed by atoms with Crippen molar-refractivity contribution >= 4 is 0 Å². The number of nitrogens with zero attached hydrogens (tertiary/aromatic N) is 7. The van der Waals surface area contributed by atoms with Gasteiger partial charge in [0.25, 0.3) is 0 Å². The summed E-state index contributed by atoms with van der Waals surface area (Å²) in [5.74, 6) is 0.675. The Hall–Kier alpha value is -3.55. The quantitative estimate of drug-likeness (QED) is 0.373. The molecule has 4 aromatic rings. The third kappa shape index (κ3) is 4.54. The summed E-state index contributed by atoms with van der Waals surface area (Å²) in [6, 6.07) is 12.3. The molecule has 0 bridgehead atoms. The van der Waals surface area contributed by atoms with Gasteiger partial charge in [0.05, 0.1) is 6.54 Å². The van der Waals surface area contributed by atoms with E-state index in [2.05, 4.69) is 51.7 Å². The largest absolute Gasteiger partial charge is 0.328 e. The lowest BCUT2D eigenvalue weighted by molar-refractivity contribution is 0.560. The van der Waals surface area contributed by atoms with Crippen molar-refractivity contribution in [2.45, 2.75) is 59.0 Å². The molecule has 0 aliphatic heterocycles. The summed E-state index contributed by atoms with van der Waals surface area (Å²) in [7, 11) is 0. The van der Waals surface area contributed by atoms with Gasteiger partial charge in [0.15, 0.2) is 5.82 Å². The molecule has 0 spiro atoms. The maximum absolute atomic E-state index is 13.0. The van der Waals surface area contributed by atoms with Gasteiger partial charge in [-0.15, -0.1) is 5.10 Å². The summed E-state index contributed by atoms with van der Waals surface area (Å²) < 4.78 is 5.31. The van der Waals surface area contributed by atoms with Crippen LogP contribution in [0.4, 0.5) is 0 Å². The maximum atomic E-state index is 13.0. The zero-order valence-electron chi connectivity index (χ0n) is 18.8. The minimum absolute atomic E-state index is 0.0591. The van der Waals surface area contributed by atoms with E-state index in [0.717, 1.165) is 41.6 Å². The fourth-order valence-corrected chi connectivity index (χ4v) is 3.88. The van der Waals surface area contributed by atoms with Crippen LogP contribution in [0.1, 0.15) is 57.3 Å². The van der Waals surface area contributed by atoms with Crippen molar-refractivity contribution in [2.24, 2.45) is 0 Å². The molecule has 0 amide bonds. The molecule has 1 aromatic carbocycles. The number of imidazole rings is 1. The van der Waals surface area contributed by atoms with Gasteiger partial charge in [-0.3, -0.25) is 9.13 Å². The van der Waals surface area contributed by atoms with Gasteiger partial charge in [0, 0.05) is 29.7 Å². The summed E-state index contributed by atoms with van der Waals surface area (Å²) in [6.07, 6.45) is 9.64. The van der Waals surface area contributed by atoms with Crippen molar-refractivity contribution in [1.29, 1.82) is 0 Å². The van der Waals surface area contributed by atoms with Crippen LogP contribution in [-0.4, -0.2) is 34.3 Å². The number of benzene rings is 1. The van der Waals surface area contributed by atoms with E-state index in [1.165, 1.54) is 12.7 Å². The Labute approximate surface area is 187 Å². The van der Waals surface area contributed by atoms with E-state index in [4.69, 9.17) is 0 Å². The Morgan fingerprint density at radius 3 is 2.56 bits per heavy atom. The Morgan fingerprint density at radius 1 is 1.06 bits per heavy atom. The lowest BCUT2D eigenvalue weighted by Crippen LogP contribution is -2.26. The molecule has 3 aromatic heterocycles. The maximum Gasteiger partial charge on any atom is 0.328 e. The van der Waals surface area contributed by atoms with Crippen LogP contribution in [0.2, 0.25) is 0 Å². The first-order valence-corrected chi connectivity index (χ1v) is 11.2. The molecule has 0 fully saturated rings. The highest BCUT2D eigenvalue weighted by molar-refractivity contribution is 5.70. The van der Waals surface area contributed by atoms with Crippen molar-refractivity contribution < 1.29 is 0 Å². The molecule has 0 unspecified atom stereocenters. The number of hydrogen-bond acceptors (Lipinski definition) is 5. The van der Waals surface area contributed by atoms with Crippen LogP contribution >= 0.6 is 0 Å². The second-order valence-electron chi connectivity index (χ2n) is 8.27. The molecule has 3 heterocycles. The van der Waals surface area contributed by atoms with E-state index in [1.807, 2.05) is 41.3 Å². The minimum atomic E-state index is 0.0591. The monoisotopic (exact) mass is 431 g/mol. The average molecular weight is 432 g/mol.